The fraction of sp³-hybridized carbons (Fsp3) is 0.188. The van der Waals surface area contributed by atoms with Crippen LogP contribution < -0.4 is 16.6 Å². The highest BCUT2D eigenvalue weighted by Crippen LogP contribution is 2.17. The Morgan fingerprint density at radius 3 is 2.41 bits per heavy atom. The fourth-order valence-electron chi connectivity index (χ4n) is 1.93. The van der Waals surface area contributed by atoms with Gasteiger partial charge >= 0.3 is 6.09 Å². The molecule has 0 saturated heterocycles. The van der Waals surface area contributed by atoms with Gasteiger partial charge in [-0.3, -0.25) is 5.84 Å². The Labute approximate surface area is 128 Å². The zero-order chi connectivity index (χ0) is 15.8. The first-order valence-electron chi connectivity index (χ1n) is 6.82. The van der Waals surface area contributed by atoms with Crippen molar-refractivity contribution in [2.24, 2.45) is 5.84 Å². The Hall–Kier alpha value is -2.60. The quantitative estimate of drug-likeness (QED) is 0.566. The zero-order valence-corrected chi connectivity index (χ0v) is 12.0. The molecule has 0 aromatic heterocycles. The molecule has 5 nitrogen and oxygen atoms in total. The second-order valence-corrected chi connectivity index (χ2v) is 4.68. The minimum absolute atomic E-state index is 0.141. The van der Waals surface area contributed by atoms with Crippen LogP contribution in [-0.4, -0.2) is 12.8 Å². The topological polar surface area (TPSA) is 76.4 Å². The molecular formula is C16H18FN3O2. The summed E-state index contributed by atoms with van der Waals surface area (Å²) in [4.78, 5) is 11.7. The molecule has 2 aromatic carbocycles. The summed E-state index contributed by atoms with van der Waals surface area (Å²) >= 11 is 0. The van der Waals surface area contributed by atoms with Crippen molar-refractivity contribution >= 4 is 11.8 Å². The number of rotatable bonds is 6. The molecular weight excluding hydrogens is 285 g/mol. The molecule has 0 bridgehead atoms. The number of halogens is 1. The van der Waals surface area contributed by atoms with E-state index in [9.17, 15) is 9.18 Å². The van der Waals surface area contributed by atoms with Gasteiger partial charge in [-0.1, -0.05) is 42.5 Å². The van der Waals surface area contributed by atoms with Crippen molar-refractivity contribution in [1.29, 1.82) is 0 Å². The second-order valence-electron chi connectivity index (χ2n) is 4.68. The van der Waals surface area contributed by atoms with E-state index < -0.39 is 18.8 Å². The molecule has 1 unspecified atom stereocenters. The number of hydrogen-bond donors (Lipinski definition) is 3. The second kappa shape index (κ2) is 7.99. The molecule has 4 N–H and O–H groups in total. The molecule has 0 radical (unpaired) electrons. The van der Waals surface area contributed by atoms with Crippen molar-refractivity contribution in [3.05, 3.63) is 65.7 Å². The van der Waals surface area contributed by atoms with E-state index in [-0.39, 0.29) is 6.61 Å². The SMILES string of the molecule is NNc1ccc(C(CF)NC(=O)OCc2ccccc2)cc1. The number of anilines is 1. The lowest BCUT2D eigenvalue weighted by atomic mass is 10.1. The summed E-state index contributed by atoms with van der Waals surface area (Å²) in [5, 5.41) is 2.50. The van der Waals surface area contributed by atoms with Crippen LogP contribution >= 0.6 is 0 Å². The summed E-state index contributed by atoms with van der Waals surface area (Å²) in [6, 6.07) is 15.3. The largest absolute Gasteiger partial charge is 0.445 e. The van der Waals surface area contributed by atoms with Crippen LogP contribution in [0.4, 0.5) is 14.9 Å². The van der Waals surface area contributed by atoms with E-state index in [1.165, 1.54) is 0 Å². The van der Waals surface area contributed by atoms with Crippen LogP contribution in [0.5, 0.6) is 0 Å². The molecule has 116 valence electrons. The molecule has 1 atom stereocenters. The van der Waals surface area contributed by atoms with Crippen molar-refractivity contribution in [2.75, 3.05) is 12.1 Å². The first kappa shape index (κ1) is 15.8. The maximum absolute atomic E-state index is 13.1. The van der Waals surface area contributed by atoms with Crippen LogP contribution in [0.15, 0.2) is 54.6 Å². The van der Waals surface area contributed by atoms with Crippen molar-refractivity contribution in [3.8, 4) is 0 Å². The number of hydrogen-bond acceptors (Lipinski definition) is 4. The summed E-state index contributed by atoms with van der Waals surface area (Å²) in [5.74, 6) is 5.27. The maximum atomic E-state index is 13.1. The highest BCUT2D eigenvalue weighted by Gasteiger charge is 2.15. The van der Waals surface area contributed by atoms with E-state index >= 15 is 0 Å². The van der Waals surface area contributed by atoms with E-state index in [4.69, 9.17) is 10.6 Å². The highest BCUT2D eigenvalue weighted by molar-refractivity contribution is 5.68. The number of nitrogens with one attached hydrogen (secondary N) is 2. The van der Waals surface area contributed by atoms with Crippen LogP contribution in [0.2, 0.25) is 0 Å². The Bertz CT molecular complexity index is 590. The van der Waals surface area contributed by atoms with E-state index in [0.29, 0.717) is 11.3 Å². The molecule has 1 amide bonds. The average molecular weight is 303 g/mol. The number of benzene rings is 2. The summed E-state index contributed by atoms with van der Waals surface area (Å²) in [6.07, 6.45) is -0.660. The van der Waals surface area contributed by atoms with Crippen molar-refractivity contribution in [1.82, 2.24) is 5.32 Å². The third-order valence-electron chi connectivity index (χ3n) is 3.14. The lowest BCUT2D eigenvalue weighted by molar-refractivity contribution is 0.133. The van der Waals surface area contributed by atoms with Gasteiger partial charge in [0.25, 0.3) is 0 Å². The van der Waals surface area contributed by atoms with E-state index in [0.717, 1.165) is 5.56 Å². The minimum Gasteiger partial charge on any atom is -0.445 e. The molecule has 0 aliphatic carbocycles. The number of nitrogens with two attached hydrogens (primary N) is 1. The van der Waals surface area contributed by atoms with Gasteiger partial charge < -0.3 is 15.5 Å². The van der Waals surface area contributed by atoms with Gasteiger partial charge in [-0.25, -0.2) is 9.18 Å². The Kier molecular flexibility index (Phi) is 5.73. The molecule has 22 heavy (non-hydrogen) atoms. The molecule has 0 aliphatic heterocycles. The highest BCUT2D eigenvalue weighted by atomic mass is 19.1. The van der Waals surface area contributed by atoms with Crippen LogP contribution in [0.25, 0.3) is 0 Å². The number of ether oxygens (including phenoxy) is 1. The van der Waals surface area contributed by atoms with Crippen LogP contribution in [0.3, 0.4) is 0 Å². The standard InChI is InChI=1S/C16H18FN3O2/c17-10-15(13-6-8-14(20-18)9-7-13)19-16(21)22-11-12-4-2-1-3-5-12/h1-9,15,20H,10-11,18H2,(H,19,21). The normalized spacial score (nSPS) is 11.5. The number of carbonyl (C=O) groups excluding carboxylic acids is 1. The Morgan fingerprint density at radius 1 is 1.14 bits per heavy atom. The van der Waals surface area contributed by atoms with Crippen molar-refractivity contribution < 1.29 is 13.9 Å². The van der Waals surface area contributed by atoms with Crippen LogP contribution in [0.1, 0.15) is 17.2 Å². The van der Waals surface area contributed by atoms with Gasteiger partial charge in [0.1, 0.15) is 13.3 Å². The first-order chi connectivity index (χ1) is 10.7. The number of amides is 1. The molecule has 2 aromatic rings. The Balaban J connectivity index is 1.90. The predicted molar refractivity (Wildman–Crippen MR) is 82.7 cm³/mol. The average Bonchev–Trinajstić information content (AvgIpc) is 2.59. The lowest BCUT2D eigenvalue weighted by Crippen LogP contribution is -2.30. The van der Waals surface area contributed by atoms with Crippen molar-refractivity contribution in [2.45, 2.75) is 12.6 Å². The summed E-state index contributed by atoms with van der Waals surface area (Å²) in [6.45, 7) is -0.586. The van der Waals surface area contributed by atoms with Gasteiger partial charge in [0, 0.05) is 5.69 Å². The minimum atomic E-state index is -0.755. The molecule has 0 fully saturated rings. The zero-order valence-electron chi connectivity index (χ0n) is 12.0. The molecule has 6 heteroatoms. The summed E-state index contributed by atoms with van der Waals surface area (Å²) in [5.41, 5.74) is 4.69. The third kappa shape index (κ3) is 4.46. The monoisotopic (exact) mass is 303 g/mol. The van der Waals surface area contributed by atoms with Gasteiger partial charge in [0.2, 0.25) is 0 Å². The lowest BCUT2D eigenvalue weighted by Gasteiger charge is -2.16. The first-order valence-corrected chi connectivity index (χ1v) is 6.82. The number of alkyl carbamates (subject to hydrolysis) is 1. The molecule has 0 aliphatic rings. The Morgan fingerprint density at radius 2 is 1.82 bits per heavy atom. The van der Waals surface area contributed by atoms with Gasteiger partial charge in [-0.15, -0.1) is 0 Å². The predicted octanol–water partition coefficient (Wildman–Crippen LogP) is 2.91. The van der Waals surface area contributed by atoms with Gasteiger partial charge in [0.15, 0.2) is 0 Å². The van der Waals surface area contributed by atoms with Crippen LogP contribution in [0, 0.1) is 0 Å². The van der Waals surface area contributed by atoms with E-state index in [1.54, 1.807) is 24.3 Å². The van der Waals surface area contributed by atoms with E-state index in [2.05, 4.69) is 10.7 Å². The number of carbonyl (C=O) groups is 1. The number of alkyl halides is 1. The summed E-state index contributed by atoms with van der Waals surface area (Å²) < 4.78 is 18.2. The van der Waals surface area contributed by atoms with Gasteiger partial charge in [-0.05, 0) is 23.3 Å². The number of nitrogen functional groups attached to an aromatic ring is 1. The third-order valence-corrected chi connectivity index (χ3v) is 3.14. The van der Waals surface area contributed by atoms with Gasteiger partial charge in [-0.2, -0.15) is 0 Å². The number of hydrazine groups is 1. The van der Waals surface area contributed by atoms with Gasteiger partial charge in [0.05, 0.1) is 6.04 Å². The van der Waals surface area contributed by atoms with Crippen molar-refractivity contribution in [3.63, 3.8) is 0 Å². The maximum Gasteiger partial charge on any atom is 0.408 e. The molecule has 2 rings (SSSR count). The van der Waals surface area contributed by atoms with Crippen LogP contribution in [-0.2, 0) is 11.3 Å². The summed E-state index contributed by atoms with van der Waals surface area (Å²) in [7, 11) is 0. The van der Waals surface area contributed by atoms with E-state index in [1.807, 2.05) is 30.3 Å². The smallest absolute Gasteiger partial charge is 0.408 e. The molecule has 0 heterocycles. The fourth-order valence-corrected chi connectivity index (χ4v) is 1.93. The molecule has 0 saturated carbocycles. The molecule has 0 spiro atoms.